The quantitative estimate of drug-likeness (QED) is 0.497. The normalized spacial score (nSPS) is 58.6. The molecule has 1 heterocycles. The molecule has 60 valence electrons. The van der Waals surface area contributed by atoms with Gasteiger partial charge in [0.1, 0.15) is 6.10 Å². The lowest BCUT2D eigenvalue weighted by Gasteiger charge is -2.19. The van der Waals surface area contributed by atoms with E-state index in [1.807, 2.05) is 0 Å². The highest BCUT2D eigenvalue weighted by Gasteiger charge is 2.61. The van der Waals surface area contributed by atoms with E-state index in [2.05, 4.69) is 0 Å². The minimum atomic E-state index is -0.359. The van der Waals surface area contributed by atoms with Crippen LogP contribution in [0.25, 0.3) is 0 Å². The van der Waals surface area contributed by atoms with Crippen LogP contribution < -0.4 is 0 Å². The van der Waals surface area contributed by atoms with Crippen molar-refractivity contribution >= 4 is 5.97 Å². The van der Waals surface area contributed by atoms with Gasteiger partial charge in [0.05, 0.1) is 12.0 Å². The number of carbonyl (C=O) groups excluding carboxylic acids is 1. The monoisotopic (exact) mass is 154 g/mol. The van der Waals surface area contributed by atoms with Crippen LogP contribution in [0.3, 0.4) is 0 Å². The van der Waals surface area contributed by atoms with Gasteiger partial charge in [0.2, 0.25) is 0 Å². The number of aliphatic hydroxyl groups excluding tert-OH is 1. The number of hydrogen-bond donors (Lipinski definition) is 1. The first-order valence-corrected chi connectivity index (χ1v) is 4.16. The summed E-state index contributed by atoms with van der Waals surface area (Å²) in [6, 6.07) is 0. The van der Waals surface area contributed by atoms with Gasteiger partial charge in [-0.15, -0.1) is 0 Å². The number of fused-ring (bicyclic) bond motifs is 1. The van der Waals surface area contributed by atoms with E-state index in [1.54, 1.807) is 0 Å². The zero-order chi connectivity index (χ0) is 7.59. The largest absolute Gasteiger partial charge is 0.459 e. The fourth-order valence-electron chi connectivity index (χ4n) is 2.92. The second-order valence-electron chi connectivity index (χ2n) is 3.89. The summed E-state index contributed by atoms with van der Waals surface area (Å²) in [5.41, 5.74) is 0. The molecule has 3 nitrogen and oxygen atoms in total. The first-order chi connectivity index (χ1) is 5.27. The van der Waals surface area contributed by atoms with Crippen LogP contribution in [0.15, 0.2) is 0 Å². The third-order valence-corrected chi connectivity index (χ3v) is 3.44. The van der Waals surface area contributed by atoms with E-state index in [0.29, 0.717) is 11.8 Å². The van der Waals surface area contributed by atoms with Gasteiger partial charge in [-0.2, -0.15) is 0 Å². The average molecular weight is 154 g/mol. The third kappa shape index (κ3) is 0.527. The topological polar surface area (TPSA) is 46.5 Å². The molecule has 3 rings (SSSR count). The highest BCUT2D eigenvalue weighted by Crippen LogP contribution is 2.54. The van der Waals surface area contributed by atoms with Crippen molar-refractivity contribution in [1.82, 2.24) is 0 Å². The summed E-state index contributed by atoms with van der Waals surface area (Å²) in [4.78, 5) is 11.1. The molecule has 5 atom stereocenters. The molecular formula is C8H10O3. The summed E-state index contributed by atoms with van der Waals surface area (Å²) >= 11 is 0. The van der Waals surface area contributed by atoms with Crippen molar-refractivity contribution in [2.24, 2.45) is 17.8 Å². The molecule has 3 heteroatoms. The molecule has 0 unspecified atom stereocenters. The lowest BCUT2D eigenvalue weighted by molar-refractivity contribution is -0.145. The van der Waals surface area contributed by atoms with Crippen LogP contribution in [-0.2, 0) is 9.53 Å². The van der Waals surface area contributed by atoms with Gasteiger partial charge in [0.25, 0.3) is 0 Å². The molecule has 1 saturated heterocycles. The first-order valence-electron chi connectivity index (χ1n) is 4.16. The van der Waals surface area contributed by atoms with Crippen molar-refractivity contribution < 1.29 is 14.6 Å². The molecule has 3 fully saturated rings. The average Bonchev–Trinajstić information content (AvgIpc) is 2.53. The molecule has 0 aromatic heterocycles. The van der Waals surface area contributed by atoms with E-state index >= 15 is 0 Å². The maximum absolute atomic E-state index is 11.1. The van der Waals surface area contributed by atoms with Gasteiger partial charge in [0, 0.05) is 5.92 Å². The summed E-state index contributed by atoms with van der Waals surface area (Å²) < 4.78 is 5.06. The summed E-state index contributed by atoms with van der Waals surface area (Å²) in [6.07, 6.45) is 1.36. The SMILES string of the molecule is O=C1O[C@H]2[C@H](O)[C@H]3C[C@@H]2[C@H]1C3. The lowest BCUT2D eigenvalue weighted by Crippen LogP contribution is -2.31. The smallest absolute Gasteiger partial charge is 0.309 e. The Hall–Kier alpha value is -0.570. The maximum atomic E-state index is 11.1. The summed E-state index contributed by atoms with van der Waals surface area (Å²) in [7, 11) is 0. The maximum Gasteiger partial charge on any atom is 0.309 e. The molecule has 0 spiro atoms. The molecule has 1 N–H and O–H groups in total. The summed E-state index contributed by atoms with van der Waals surface area (Å²) in [5, 5.41) is 9.55. The Kier molecular flexibility index (Phi) is 0.876. The second-order valence-corrected chi connectivity index (χ2v) is 3.89. The van der Waals surface area contributed by atoms with E-state index < -0.39 is 0 Å². The molecule has 3 aliphatic rings. The zero-order valence-electron chi connectivity index (χ0n) is 6.06. The standard InChI is InChI=1S/C8H10O3/c9-6-3-1-4-5(2-3)8(10)11-7(4)6/h3-7,9H,1-2H2/t3-,4+,5+,6+,7+/m0/s1. The summed E-state index contributed by atoms with van der Waals surface area (Å²) in [6.45, 7) is 0. The van der Waals surface area contributed by atoms with Gasteiger partial charge in [0.15, 0.2) is 0 Å². The van der Waals surface area contributed by atoms with Crippen molar-refractivity contribution in [2.75, 3.05) is 0 Å². The Labute approximate surface area is 64.3 Å². The van der Waals surface area contributed by atoms with Crippen molar-refractivity contribution in [3.8, 4) is 0 Å². The number of carbonyl (C=O) groups is 1. The molecule has 0 aromatic carbocycles. The molecule has 2 saturated carbocycles. The summed E-state index contributed by atoms with van der Waals surface area (Å²) in [5.74, 6) is 0.761. The van der Waals surface area contributed by atoms with Crippen LogP contribution in [0, 0.1) is 17.8 Å². The van der Waals surface area contributed by atoms with Crippen molar-refractivity contribution in [3.63, 3.8) is 0 Å². The van der Waals surface area contributed by atoms with Crippen molar-refractivity contribution in [3.05, 3.63) is 0 Å². The number of rotatable bonds is 0. The Morgan fingerprint density at radius 3 is 2.91 bits per heavy atom. The molecule has 11 heavy (non-hydrogen) atoms. The van der Waals surface area contributed by atoms with Gasteiger partial charge in [-0.05, 0) is 18.8 Å². The fraction of sp³-hybridized carbons (Fsp3) is 0.875. The van der Waals surface area contributed by atoms with E-state index in [-0.39, 0.29) is 24.1 Å². The van der Waals surface area contributed by atoms with E-state index in [0.717, 1.165) is 12.8 Å². The highest BCUT2D eigenvalue weighted by atomic mass is 16.6. The zero-order valence-corrected chi connectivity index (χ0v) is 6.06. The van der Waals surface area contributed by atoms with Crippen LogP contribution in [0.4, 0.5) is 0 Å². The first kappa shape index (κ1) is 6.00. The van der Waals surface area contributed by atoms with Crippen LogP contribution in [-0.4, -0.2) is 23.3 Å². The second kappa shape index (κ2) is 1.61. The number of esters is 1. The molecule has 1 aliphatic heterocycles. The molecule has 2 aliphatic carbocycles. The van der Waals surface area contributed by atoms with Gasteiger partial charge in [-0.3, -0.25) is 4.79 Å². The Morgan fingerprint density at radius 1 is 1.45 bits per heavy atom. The number of ether oxygens (including phenoxy) is 1. The Bertz CT molecular complexity index is 225. The minimum absolute atomic E-state index is 0.0703. The highest BCUT2D eigenvalue weighted by molar-refractivity contribution is 5.76. The van der Waals surface area contributed by atoms with E-state index in [1.165, 1.54) is 0 Å². The van der Waals surface area contributed by atoms with Gasteiger partial charge < -0.3 is 9.84 Å². The predicted molar refractivity (Wildman–Crippen MR) is 35.6 cm³/mol. The van der Waals surface area contributed by atoms with Crippen LogP contribution in [0.1, 0.15) is 12.8 Å². The van der Waals surface area contributed by atoms with Gasteiger partial charge >= 0.3 is 5.97 Å². The van der Waals surface area contributed by atoms with E-state index in [4.69, 9.17) is 4.74 Å². The molecular weight excluding hydrogens is 144 g/mol. The minimum Gasteiger partial charge on any atom is -0.459 e. The predicted octanol–water partition coefficient (Wildman–Crippen LogP) is -0.0713. The fourth-order valence-corrected chi connectivity index (χ4v) is 2.92. The van der Waals surface area contributed by atoms with Gasteiger partial charge in [-0.25, -0.2) is 0 Å². The molecule has 0 amide bonds. The van der Waals surface area contributed by atoms with E-state index in [9.17, 15) is 9.90 Å². The van der Waals surface area contributed by atoms with Crippen LogP contribution >= 0.6 is 0 Å². The van der Waals surface area contributed by atoms with Crippen LogP contribution in [0.5, 0.6) is 0 Å². The number of aliphatic hydroxyl groups is 1. The van der Waals surface area contributed by atoms with Crippen molar-refractivity contribution in [1.29, 1.82) is 0 Å². The number of hydrogen-bond acceptors (Lipinski definition) is 3. The molecule has 0 aromatic rings. The molecule has 0 radical (unpaired) electrons. The van der Waals surface area contributed by atoms with Crippen LogP contribution in [0.2, 0.25) is 0 Å². The third-order valence-electron chi connectivity index (χ3n) is 3.44. The van der Waals surface area contributed by atoms with Crippen molar-refractivity contribution in [2.45, 2.75) is 25.0 Å². The Morgan fingerprint density at radius 2 is 2.27 bits per heavy atom. The lowest BCUT2D eigenvalue weighted by atomic mass is 9.88. The Balaban J connectivity index is 2.04. The van der Waals surface area contributed by atoms with Gasteiger partial charge in [-0.1, -0.05) is 0 Å². The molecule has 2 bridgehead atoms.